The monoisotopic (exact) mass is 472 g/mol. The van der Waals surface area contributed by atoms with E-state index in [1.807, 2.05) is 49.4 Å². The van der Waals surface area contributed by atoms with E-state index in [0.717, 1.165) is 29.7 Å². The first kappa shape index (κ1) is 23.5. The number of aromatic hydroxyl groups is 1. The number of amides is 2. The van der Waals surface area contributed by atoms with Gasteiger partial charge in [-0.15, -0.1) is 0 Å². The van der Waals surface area contributed by atoms with Crippen molar-refractivity contribution >= 4 is 23.5 Å². The fourth-order valence-electron chi connectivity index (χ4n) is 6.05. The number of ether oxygens (including phenoxy) is 1. The van der Waals surface area contributed by atoms with E-state index in [1.165, 1.54) is 16.0 Å². The lowest BCUT2D eigenvalue weighted by molar-refractivity contribution is -0.140. The summed E-state index contributed by atoms with van der Waals surface area (Å²) in [6, 6.07) is 13.1. The van der Waals surface area contributed by atoms with Gasteiger partial charge < -0.3 is 9.84 Å². The summed E-state index contributed by atoms with van der Waals surface area (Å²) < 4.78 is 6.28. The van der Waals surface area contributed by atoms with Gasteiger partial charge in [-0.1, -0.05) is 36.8 Å². The minimum absolute atomic E-state index is 0.00765. The van der Waals surface area contributed by atoms with Crippen LogP contribution in [0.25, 0.3) is 11.6 Å². The summed E-state index contributed by atoms with van der Waals surface area (Å²) in [4.78, 5) is 32.1. The number of benzene rings is 1. The Balaban J connectivity index is 1.38. The molecule has 3 aliphatic rings. The summed E-state index contributed by atoms with van der Waals surface area (Å²) in [7, 11) is 0. The number of phenolic OH excluding ortho intramolecular Hbond substituents is 1. The molecule has 3 heterocycles. The summed E-state index contributed by atoms with van der Waals surface area (Å²) >= 11 is 0. The second-order valence-electron chi connectivity index (χ2n) is 9.81. The Morgan fingerprint density at radius 2 is 1.94 bits per heavy atom. The predicted molar refractivity (Wildman–Crippen MR) is 134 cm³/mol. The van der Waals surface area contributed by atoms with Crippen LogP contribution in [0.4, 0.5) is 0 Å². The number of pyridine rings is 1. The first-order chi connectivity index (χ1) is 17.0. The van der Waals surface area contributed by atoms with Gasteiger partial charge in [0.15, 0.2) is 0 Å². The molecule has 2 amide bonds. The third kappa shape index (κ3) is 4.31. The Bertz CT molecular complexity index is 1190. The zero-order valence-corrected chi connectivity index (χ0v) is 20.3. The van der Waals surface area contributed by atoms with Crippen molar-refractivity contribution in [2.24, 2.45) is 17.8 Å². The molecular formula is C29H32N2O4. The van der Waals surface area contributed by atoms with Crippen LogP contribution in [0.5, 0.6) is 5.75 Å². The second kappa shape index (κ2) is 9.78. The molecule has 2 aliphatic heterocycles. The SMILES string of the molecule is CCCN1C(=O)[C@@H]2[C@@H](CC(C)=C3[C@@H](CC/C(=C/c4ccccc4O)c4ccccn4)OC[C@@H]32)C1=O. The number of allylic oxidation sites excluding steroid dienone is 2. The standard InChI is InChI=1S/C29H32N2O4/c1-3-14-31-28(33)21-15-18(2)26-22(27(21)29(31)34)17-35-25(26)12-11-19(23-9-6-7-13-30-23)16-20-8-4-5-10-24(20)32/h4-10,13,16,21-22,25,27,32H,3,11-12,14-15,17H2,1-2H3/b19-16-/t21-,22+,25-,27-/m1/s1. The molecule has 1 aliphatic carbocycles. The number of hydrogen-bond acceptors (Lipinski definition) is 5. The molecular weight excluding hydrogens is 440 g/mol. The average molecular weight is 473 g/mol. The van der Waals surface area contributed by atoms with Crippen molar-refractivity contribution in [3.8, 4) is 5.75 Å². The number of nitrogens with zero attached hydrogens (tertiary/aromatic N) is 2. The maximum atomic E-state index is 13.2. The van der Waals surface area contributed by atoms with Crippen molar-refractivity contribution in [3.05, 3.63) is 71.1 Å². The van der Waals surface area contributed by atoms with Gasteiger partial charge in [-0.3, -0.25) is 19.5 Å². The van der Waals surface area contributed by atoms with Gasteiger partial charge in [0.1, 0.15) is 5.75 Å². The summed E-state index contributed by atoms with van der Waals surface area (Å²) in [6.07, 6.45) is 6.56. The van der Waals surface area contributed by atoms with E-state index < -0.39 is 0 Å². The number of phenols is 1. The van der Waals surface area contributed by atoms with Crippen molar-refractivity contribution in [2.75, 3.05) is 13.2 Å². The van der Waals surface area contributed by atoms with Crippen LogP contribution in [0.15, 0.2) is 59.8 Å². The largest absolute Gasteiger partial charge is 0.507 e. The number of aromatic nitrogens is 1. The Morgan fingerprint density at radius 1 is 1.14 bits per heavy atom. The van der Waals surface area contributed by atoms with E-state index in [2.05, 4.69) is 11.9 Å². The minimum atomic E-state index is -0.287. The highest BCUT2D eigenvalue weighted by molar-refractivity contribution is 6.05. The quantitative estimate of drug-likeness (QED) is 0.460. The Kier molecular flexibility index (Phi) is 6.56. The topological polar surface area (TPSA) is 79.7 Å². The van der Waals surface area contributed by atoms with Gasteiger partial charge in [0.05, 0.1) is 30.2 Å². The van der Waals surface area contributed by atoms with Crippen LogP contribution in [0.3, 0.4) is 0 Å². The molecule has 1 aromatic heterocycles. The van der Waals surface area contributed by atoms with Crippen LogP contribution in [0.2, 0.25) is 0 Å². The highest BCUT2D eigenvalue weighted by Crippen LogP contribution is 2.49. The first-order valence-electron chi connectivity index (χ1n) is 12.6. The highest BCUT2D eigenvalue weighted by atomic mass is 16.5. The number of rotatable bonds is 7. The Morgan fingerprint density at radius 3 is 2.69 bits per heavy atom. The minimum Gasteiger partial charge on any atom is -0.507 e. The van der Waals surface area contributed by atoms with Crippen LogP contribution >= 0.6 is 0 Å². The van der Waals surface area contributed by atoms with E-state index in [0.29, 0.717) is 26.0 Å². The van der Waals surface area contributed by atoms with Crippen molar-refractivity contribution in [2.45, 2.75) is 45.6 Å². The molecule has 4 atom stereocenters. The summed E-state index contributed by atoms with van der Waals surface area (Å²) in [6.45, 7) is 5.08. The number of carbonyl (C=O) groups is 2. The van der Waals surface area contributed by atoms with E-state index >= 15 is 0 Å². The van der Waals surface area contributed by atoms with Crippen molar-refractivity contribution in [3.63, 3.8) is 0 Å². The van der Waals surface area contributed by atoms with Crippen molar-refractivity contribution in [1.82, 2.24) is 9.88 Å². The van der Waals surface area contributed by atoms with Crippen LogP contribution < -0.4 is 0 Å². The molecule has 0 bridgehead atoms. The normalized spacial score (nSPS) is 26.3. The van der Waals surface area contributed by atoms with E-state index in [1.54, 1.807) is 12.3 Å². The van der Waals surface area contributed by atoms with Gasteiger partial charge in [-0.2, -0.15) is 0 Å². The van der Waals surface area contributed by atoms with Gasteiger partial charge in [-0.25, -0.2) is 0 Å². The fourth-order valence-corrected chi connectivity index (χ4v) is 6.05. The van der Waals surface area contributed by atoms with Crippen molar-refractivity contribution in [1.29, 1.82) is 0 Å². The number of fused-ring (bicyclic) bond motifs is 3. The Hall–Kier alpha value is -3.25. The van der Waals surface area contributed by atoms with Crippen LogP contribution in [0.1, 0.15) is 50.8 Å². The zero-order valence-electron chi connectivity index (χ0n) is 20.3. The van der Waals surface area contributed by atoms with Crippen LogP contribution in [-0.4, -0.2) is 46.1 Å². The molecule has 5 rings (SSSR count). The predicted octanol–water partition coefficient (Wildman–Crippen LogP) is 4.85. The number of hydrogen-bond donors (Lipinski definition) is 1. The first-order valence-corrected chi connectivity index (χ1v) is 12.6. The number of para-hydroxylation sites is 1. The number of imide groups is 1. The molecule has 0 saturated carbocycles. The molecule has 1 aromatic carbocycles. The Labute approximate surface area is 206 Å². The van der Waals surface area contributed by atoms with E-state index in [9.17, 15) is 14.7 Å². The lowest BCUT2D eigenvalue weighted by Crippen LogP contribution is -2.34. The molecule has 182 valence electrons. The molecule has 0 radical (unpaired) electrons. The maximum absolute atomic E-state index is 13.2. The number of likely N-dealkylation sites (tertiary alicyclic amines) is 1. The third-order valence-electron chi connectivity index (χ3n) is 7.63. The molecule has 0 unspecified atom stereocenters. The van der Waals surface area contributed by atoms with E-state index in [-0.39, 0.29) is 41.4 Å². The summed E-state index contributed by atoms with van der Waals surface area (Å²) in [5.41, 5.74) is 5.05. The molecule has 6 nitrogen and oxygen atoms in total. The second-order valence-corrected chi connectivity index (χ2v) is 9.81. The van der Waals surface area contributed by atoms with Gasteiger partial charge >= 0.3 is 0 Å². The average Bonchev–Trinajstić information content (AvgIpc) is 3.39. The smallest absolute Gasteiger partial charge is 0.233 e. The zero-order chi connectivity index (χ0) is 24.5. The van der Waals surface area contributed by atoms with Gasteiger partial charge in [-0.05, 0) is 68.0 Å². The fraction of sp³-hybridized carbons (Fsp3) is 0.414. The summed E-state index contributed by atoms with van der Waals surface area (Å²) in [5.74, 6) is -0.338. The highest BCUT2D eigenvalue weighted by Gasteiger charge is 2.56. The van der Waals surface area contributed by atoms with Crippen LogP contribution in [-0.2, 0) is 14.3 Å². The molecule has 2 saturated heterocycles. The molecule has 35 heavy (non-hydrogen) atoms. The van der Waals surface area contributed by atoms with Gasteiger partial charge in [0.25, 0.3) is 0 Å². The number of carbonyl (C=O) groups excluding carboxylic acids is 2. The molecule has 0 spiro atoms. The lowest BCUT2D eigenvalue weighted by Gasteiger charge is -2.30. The molecule has 1 N–H and O–H groups in total. The lowest BCUT2D eigenvalue weighted by atomic mass is 9.70. The van der Waals surface area contributed by atoms with E-state index in [4.69, 9.17) is 4.74 Å². The van der Waals surface area contributed by atoms with Gasteiger partial charge in [0.2, 0.25) is 11.8 Å². The maximum Gasteiger partial charge on any atom is 0.233 e. The molecule has 2 fully saturated rings. The third-order valence-corrected chi connectivity index (χ3v) is 7.63. The molecule has 6 heteroatoms. The summed E-state index contributed by atoms with van der Waals surface area (Å²) in [5, 5.41) is 10.3. The van der Waals surface area contributed by atoms with Crippen molar-refractivity contribution < 1.29 is 19.4 Å². The molecule has 2 aromatic rings. The van der Waals surface area contributed by atoms with Crippen LogP contribution in [0, 0.1) is 17.8 Å². The van der Waals surface area contributed by atoms with Gasteiger partial charge in [0, 0.05) is 24.2 Å².